The van der Waals surface area contributed by atoms with Gasteiger partial charge in [-0.05, 0) is 41.0 Å². The fourth-order valence-electron chi connectivity index (χ4n) is 5.93. The molecule has 8 aromatic rings. The predicted octanol–water partition coefficient (Wildman–Crippen LogP) is 10.5. The van der Waals surface area contributed by atoms with E-state index in [4.69, 9.17) is 0 Å². The summed E-state index contributed by atoms with van der Waals surface area (Å²) in [6.07, 6.45) is 0. The Hall–Kier alpha value is -4.66. The maximum atomic E-state index is 2.46. The number of hydrogen-bond acceptors (Lipinski definition) is 1. The minimum Gasteiger partial charge on any atom is -0.309 e. The molecule has 0 fully saturated rings. The van der Waals surface area contributed by atoms with Gasteiger partial charge in [-0.1, -0.05) is 115 Å². The molecule has 0 saturated heterocycles. The van der Waals surface area contributed by atoms with E-state index in [0.29, 0.717) is 0 Å². The zero-order chi connectivity index (χ0) is 25.1. The van der Waals surface area contributed by atoms with Gasteiger partial charge in [-0.2, -0.15) is 0 Å². The highest BCUT2D eigenvalue weighted by atomic mass is 32.1. The highest BCUT2D eigenvalue weighted by molar-refractivity contribution is 7.27. The van der Waals surface area contributed by atoms with Crippen molar-refractivity contribution in [1.82, 2.24) is 4.57 Å². The lowest BCUT2D eigenvalue weighted by Gasteiger charge is -2.11. The molecule has 8 rings (SSSR count). The zero-order valence-corrected chi connectivity index (χ0v) is 21.5. The number of nitrogens with zero attached hydrogens (tertiary/aromatic N) is 1. The number of rotatable bonds is 3. The summed E-state index contributed by atoms with van der Waals surface area (Å²) in [7, 11) is 0. The molecule has 38 heavy (non-hydrogen) atoms. The van der Waals surface area contributed by atoms with Gasteiger partial charge in [0.2, 0.25) is 0 Å². The molecule has 178 valence electrons. The Bertz CT molecular complexity index is 2100. The van der Waals surface area contributed by atoms with Crippen LogP contribution in [0.2, 0.25) is 0 Å². The van der Waals surface area contributed by atoms with E-state index in [2.05, 4.69) is 144 Å². The number of benzene rings is 6. The van der Waals surface area contributed by atoms with Crippen LogP contribution in [0.4, 0.5) is 0 Å². The first-order valence-corrected chi connectivity index (χ1v) is 13.8. The van der Waals surface area contributed by atoms with Crippen LogP contribution < -0.4 is 0 Å². The lowest BCUT2D eigenvalue weighted by atomic mass is 9.97. The summed E-state index contributed by atoms with van der Waals surface area (Å²) >= 11 is 1.92. The number of para-hydroxylation sites is 2. The maximum absolute atomic E-state index is 2.46. The Balaban J connectivity index is 1.63. The largest absolute Gasteiger partial charge is 0.309 e. The van der Waals surface area contributed by atoms with Gasteiger partial charge >= 0.3 is 0 Å². The summed E-state index contributed by atoms with van der Waals surface area (Å²) in [5.74, 6) is 0. The second-order valence-electron chi connectivity index (χ2n) is 9.73. The van der Waals surface area contributed by atoms with E-state index in [9.17, 15) is 0 Å². The third-order valence-corrected chi connectivity index (χ3v) is 8.86. The first-order chi connectivity index (χ1) is 18.9. The van der Waals surface area contributed by atoms with Crippen LogP contribution in [0.15, 0.2) is 140 Å². The monoisotopic (exact) mass is 501 g/mol. The molecule has 0 aliphatic rings. The van der Waals surface area contributed by atoms with E-state index in [-0.39, 0.29) is 0 Å². The molecule has 2 heterocycles. The van der Waals surface area contributed by atoms with Crippen molar-refractivity contribution in [3.05, 3.63) is 140 Å². The second-order valence-corrected chi connectivity index (χ2v) is 10.7. The molecule has 0 atom stereocenters. The topological polar surface area (TPSA) is 4.93 Å². The summed E-state index contributed by atoms with van der Waals surface area (Å²) in [4.78, 5) is 0. The fourth-order valence-corrected chi connectivity index (χ4v) is 7.31. The van der Waals surface area contributed by atoms with Crippen LogP contribution >= 0.6 is 11.3 Å². The summed E-state index contributed by atoms with van der Waals surface area (Å²) < 4.78 is 5.13. The van der Waals surface area contributed by atoms with Crippen molar-refractivity contribution in [2.24, 2.45) is 0 Å². The van der Waals surface area contributed by atoms with Gasteiger partial charge in [0.15, 0.2) is 0 Å². The van der Waals surface area contributed by atoms with Gasteiger partial charge in [0, 0.05) is 42.2 Å². The molecule has 0 saturated carbocycles. The van der Waals surface area contributed by atoms with Gasteiger partial charge in [-0.25, -0.2) is 0 Å². The van der Waals surface area contributed by atoms with Gasteiger partial charge < -0.3 is 4.57 Å². The van der Waals surface area contributed by atoms with Crippen molar-refractivity contribution in [1.29, 1.82) is 0 Å². The minimum atomic E-state index is 1.19. The molecule has 0 radical (unpaired) electrons. The summed E-state index contributed by atoms with van der Waals surface area (Å²) in [6, 6.07) is 50.4. The van der Waals surface area contributed by atoms with Crippen LogP contribution in [0, 0.1) is 0 Å². The Morgan fingerprint density at radius 3 is 1.79 bits per heavy atom. The highest BCUT2D eigenvalue weighted by Gasteiger charge is 2.22. The molecule has 0 aliphatic heterocycles. The van der Waals surface area contributed by atoms with Gasteiger partial charge in [-0.15, -0.1) is 11.3 Å². The molecule has 2 aromatic heterocycles. The van der Waals surface area contributed by atoms with Crippen molar-refractivity contribution in [2.45, 2.75) is 0 Å². The third kappa shape index (κ3) is 3.11. The van der Waals surface area contributed by atoms with Crippen LogP contribution in [0.1, 0.15) is 0 Å². The normalized spacial score (nSPS) is 11.7. The Labute approximate surface area is 224 Å². The number of aromatic nitrogens is 1. The first kappa shape index (κ1) is 21.4. The van der Waals surface area contributed by atoms with E-state index in [1.54, 1.807) is 0 Å². The molecule has 6 aromatic carbocycles. The Morgan fingerprint density at radius 2 is 1.05 bits per heavy atom. The molecule has 0 bridgehead atoms. The van der Waals surface area contributed by atoms with Crippen LogP contribution in [-0.4, -0.2) is 4.57 Å². The van der Waals surface area contributed by atoms with E-state index in [1.807, 2.05) is 11.3 Å². The van der Waals surface area contributed by atoms with Crippen LogP contribution in [-0.2, 0) is 0 Å². The van der Waals surface area contributed by atoms with Crippen molar-refractivity contribution < 1.29 is 0 Å². The average Bonchev–Trinajstić information content (AvgIpc) is 3.54. The van der Waals surface area contributed by atoms with Crippen LogP contribution in [0.3, 0.4) is 0 Å². The number of thiophene rings is 1. The minimum absolute atomic E-state index is 1.19. The number of fused-ring (bicyclic) bond motifs is 7. The first-order valence-electron chi connectivity index (χ1n) is 13.0. The van der Waals surface area contributed by atoms with E-state index >= 15 is 0 Å². The van der Waals surface area contributed by atoms with E-state index in [1.165, 1.54) is 69.9 Å². The molecule has 0 aliphatic carbocycles. The third-order valence-electron chi connectivity index (χ3n) is 7.58. The maximum Gasteiger partial charge on any atom is 0.0634 e. The molecule has 0 amide bonds. The lowest BCUT2D eigenvalue weighted by Crippen LogP contribution is -1.93. The molecule has 1 nitrogen and oxygen atoms in total. The molecular formula is C36H23NS. The van der Waals surface area contributed by atoms with Crippen molar-refractivity contribution >= 4 is 53.3 Å². The molecule has 2 heteroatoms. The summed E-state index contributed by atoms with van der Waals surface area (Å²) in [6.45, 7) is 0. The summed E-state index contributed by atoms with van der Waals surface area (Å²) in [5.41, 5.74) is 8.80. The Morgan fingerprint density at radius 1 is 0.447 bits per heavy atom. The van der Waals surface area contributed by atoms with Crippen molar-refractivity contribution in [2.75, 3.05) is 0 Å². The van der Waals surface area contributed by atoms with E-state index in [0.717, 1.165) is 0 Å². The van der Waals surface area contributed by atoms with Gasteiger partial charge in [-0.3, -0.25) is 0 Å². The quantitative estimate of drug-likeness (QED) is 0.227. The SMILES string of the molecule is c1ccc(-c2cccc3c2sc2c(-c4ccccc4)cc4c5ccccc5n(-c5ccccc5)c4c23)cc1. The summed E-state index contributed by atoms with van der Waals surface area (Å²) in [5, 5.41) is 5.22. The van der Waals surface area contributed by atoms with Crippen molar-refractivity contribution in [3.8, 4) is 27.9 Å². The van der Waals surface area contributed by atoms with Crippen LogP contribution in [0.25, 0.3) is 69.9 Å². The van der Waals surface area contributed by atoms with E-state index < -0.39 is 0 Å². The highest BCUT2D eigenvalue weighted by Crippen LogP contribution is 2.49. The average molecular weight is 502 g/mol. The van der Waals surface area contributed by atoms with Crippen molar-refractivity contribution in [3.63, 3.8) is 0 Å². The van der Waals surface area contributed by atoms with Gasteiger partial charge in [0.05, 0.1) is 11.0 Å². The standard InChI is InChI=1S/C36H23NS/c1-4-13-24(14-5-1)27-20-12-21-29-33-34-31(23-30(36(33)38-35(27)29)25-15-6-2-7-16-25)28-19-10-11-22-32(28)37(34)26-17-8-3-9-18-26/h1-23H. The molecule has 0 unspecified atom stereocenters. The second kappa shape index (κ2) is 8.44. The molecular weight excluding hydrogens is 478 g/mol. The lowest BCUT2D eigenvalue weighted by molar-refractivity contribution is 1.19. The molecule has 0 N–H and O–H groups in total. The zero-order valence-electron chi connectivity index (χ0n) is 20.6. The number of hydrogen-bond donors (Lipinski definition) is 0. The predicted molar refractivity (Wildman–Crippen MR) is 165 cm³/mol. The van der Waals surface area contributed by atoms with Crippen LogP contribution in [0.5, 0.6) is 0 Å². The fraction of sp³-hybridized carbons (Fsp3) is 0. The smallest absolute Gasteiger partial charge is 0.0634 e. The van der Waals surface area contributed by atoms with Gasteiger partial charge in [0.1, 0.15) is 0 Å². The Kier molecular flexibility index (Phi) is 4.76. The molecule has 0 spiro atoms. The van der Waals surface area contributed by atoms with Gasteiger partial charge in [0.25, 0.3) is 0 Å².